The van der Waals surface area contributed by atoms with Crippen LogP contribution in [0.5, 0.6) is 5.75 Å². The van der Waals surface area contributed by atoms with Gasteiger partial charge < -0.3 is 9.26 Å². The monoisotopic (exact) mass is 313 g/mol. The van der Waals surface area contributed by atoms with E-state index in [1.807, 2.05) is 50.2 Å². The van der Waals surface area contributed by atoms with Gasteiger partial charge >= 0.3 is 0 Å². The third-order valence-electron chi connectivity index (χ3n) is 3.59. The summed E-state index contributed by atoms with van der Waals surface area (Å²) in [7, 11) is 0. The summed E-state index contributed by atoms with van der Waals surface area (Å²) in [5.74, 6) is 1.43. The van der Waals surface area contributed by atoms with E-state index < -0.39 is 0 Å². The lowest BCUT2D eigenvalue weighted by molar-refractivity contribution is 0.302. The molecule has 112 valence electrons. The Labute approximate surface area is 134 Å². The van der Waals surface area contributed by atoms with Gasteiger partial charge in [-0.05, 0) is 37.1 Å². The highest BCUT2D eigenvalue weighted by atomic mass is 35.5. The number of halogens is 1. The van der Waals surface area contributed by atoms with Crippen molar-refractivity contribution in [3.05, 3.63) is 70.6 Å². The van der Waals surface area contributed by atoms with Gasteiger partial charge in [0.05, 0.1) is 16.3 Å². The largest absolute Gasteiger partial charge is 0.487 e. The first kappa shape index (κ1) is 14.7. The van der Waals surface area contributed by atoms with E-state index in [0.29, 0.717) is 17.4 Å². The quantitative estimate of drug-likeness (QED) is 0.664. The smallest absolute Gasteiger partial charge is 0.140 e. The highest BCUT2D eigenvalue weighted by Gasteiger charge is 2.11. The Morgan fingerprint density at radius 2 is 1.82 bits per heavy atom. The molecular weight excluding hydrogens is 298 g/mol. The van der Waals surface area contributed by atoms with Crippen molar-refractivity contribution in [2.24, 2.45) is 0 Å². The number of aryl methyl sites for hydroxylation is 2. The van der Waals surface area contributed by atoms with Crippen molar-refractivity contribution in [1.82, 2.24) is 5.16 Å². The van der Waals surface area contributed by atoms with Crippen LogP contribution in [0.3, 0.4) is 0 Å². The Morgan fingerprint density at radius 3 is 2.45 bits per heavy atom. The average molecular weight is 314 g/mol. The highest BCUT2D eigenvalue weighted by Crippen LogP contribution is 2.31. The Balaban J connectivity index is 1.78. The van der Waals surface area contributed by atoms with Crippen LogP contribution < -0.4 is 4.74 Å². The molecule has 0 bridgehead atoms. The van der Waals surface area contributed by atoms with Gasteiger partial charge in [0.25, 0.3) is 0 Å². The van der Waals surface area contributed by atoms with E-state index in [0.717, 1.165) is 28.1 Å². The molecule has 0 saturated carbocycles. The predicted molar refractivity (Wildman–Crippen MR) is 87.2 cm³/mol. The van der Waals surface area contributed by atoms with E-state index in [2.05, 4.69) is 17.3 Å². The Bertz CT molecular complexity index is 762. The Hall–Kier alpha value is -2.26. The first-order valence-corrected chi connectivity index (χ1v) is 7.42. The first-order valence-electron chi connectivity index (χ1n) is 7.04. The third-order valence-corrected chi connectivity index (χ3v) is 3.89. The van der Waals surface area contributed by atoms with Crippen molar-refractivity contribution in [3.63, 3.8) is 0 Å². The maximum absolute atomic E-state index is 6.33. The van der Waals surface area contributed by atoms with Crippen molar-refractivity contribution in [1.29, 1.82) is 0 Å². The minimum atomic E-state index is 0.394. The van der Waals surface area contributed by atoms with Gasteiger partial charge in [0.2, 0.25) is 0 Å². The third kappa shape index (κ3) is 3.00. The lowest BCUT2D eigenvalue weighted by Crippen LogP contribution is -1.98. The summed E-state index contributed by atoms with van der Waals surface area (Å²) < 4.78 is 10.9. The van der Waals surface area contributed by atoms with E-state index in [1.165, 1.54) is 0 Å². The standard InChI is InChI=1S/C18H16ClNO2/c1-12-16(13(2)22-20-12)11-21-18-9-8-15(10-17(18)19)14-6-4-3-5-7-14/h3-10H,11H2,1-2H3. The molecule has 0 aliphatic heterocycles. The fourth-order valence-electron chi connectivity index (χ4n) is 2.29. The number of ether oxygens (including phenoxy) is 1. The number of nitrogens with zero attached hydrogens (tertiary/aromatic N) is 1. The number of aromatic nitrogens is 1. The minimum Gasteiger partial charge on any atom is -0.487 e. The Morgan fingerprint density at radius 1 is 1.05 bits per heavy atom. The Kier molecular flexibility index (Phi) is 4.16. The van der Waals surface area contributed by atoms with E-state index in [-0.39, 0.29) is 0 Å². The summed E-state index contributed by atoms with van der Waals surface area (Å²) in [5.41, 5.74) is 4.00. The summed E-state index contributed by atoms with van der Waals surface area (Å²) in [5, 5.41) is 4.51. The van der Waals surface area contributed by atoms with Gasteiger partial charge in [-0.25, -0.2) is 0 Å². The normalized spacial score (nSPS) is 10.7. The molecule has 0 spiro atoms. The maximum atomic E-state index is 6.33. The van der Waals surface area contributed by atoms with Gasteiger partial charge in [-0.3, -0.25) is 0 Å². The molecule has 0 fully saturated rings. The topological polar surface area (TPSA) is 35.3 Å². The molecule has 2 aromatic carbocycles. The van der Waals surface area contributed by atoms with Gasteiger partial charge in [0.15, 0.2) is 0 Å². The van der Waals surface area contributed by atoms with Crippen molar-refractivity contribution in [2.75, 3.05) is 0 Å². The van der Waals surface area contributed by atoms with E-state index in [1.54, 1.807) is 0 Å². The van der Waals surface area contributed by atoms with Crippen LogP contribution >= 0.6 is 11.6 Å². The van der Waals surface area contributed by atoms with E-state index in [9.17, 15) is 0 Å². The maximum Gasteiger partial charge on any atom is 0.140 e. The second-order valence-corrected chi connectivity index (χ2v) is 5.51. The summed E-state index contributed by atoms with van der Waals surface area (Å²) in [6.45, 7) is 4.17. The van der Waals surface area contributed by atoms with Crippen molar-refractivity contribution in [2.45, 2.75) is 20.5 Å². The van der Waals surface area contributed by atoms with Gasteiger partial charge in [-0.1, -0.05) is 53.2 Å². The van der Waals surface area contributed by atoms with Crippen LogP contribution in [-0.4, -0.2) is 5.16 Å². The molecular formula is C18H16ClNO2. The molecule has 0 amide bonds. The average Bonchev–Trinajstić information content (AvgIpc) is 2.86. The molecule has 1 aromatic heterocycles. The zero-order chi connectivity index (χ0) is 15.5. The van der Waals surface area contributed by atoms with Gasteiger partial charge in [0.1, 0.15) is 18.1 Å². The molecule has 0 saturated heterocycles. The SMILES string of the molecule is Cc1noc(C)c1COc1ccc(-c2ccccc2)cc1Cl. The second kappa shape index (κ2) is 6.24. The molecule has 0 unspecified atom stereocenters. The van der Waals surface area contributed by atoms with Crippen LogP contribution in [0.4, 0.5) is 0 Å². The lowest BCUT2D eigenvalue weighted by atomic mass is 10.1. The molecule has 3 rings (SSSR count). The number of hydrogen-bond acceptors (Lipinski definition) is 3. The number of rotatable bonds is 4. The molecule has 0 aliphatic rings. The number of hydrogen-bond donors (Lipinski definition) is 0. The molecule has 4 heteroatoms. The fraction of sp³-hybridized carbons (Fsp3) is 0.167. The molecule has 1 heterocycles. The molecule has 3 aromatic rings. The zero-order valence-corrected chi connectivity index (χ0v) is 13.2. The van der Waals surface area contributed by atoms with Gasteiger partial charge in [-0.2, -0.15) is 0 Å². The van der Waals surface area contributed by atoms with Crippen molar-refractivity contribution in [3.8, 4) is 16.9 Å². The van der Waals surface area contributed by atoms with Crippen molar-refractivity contribution >= 4 is 11.6 Å². The van der Waals surface area contributed by atoms with Crippen LogP contribution in [0.2, 0.25) is 5.02 Å². The summed E-state index contributed by atoms with van der Waals surface area (Å²) in [6, 6.07) is 15.9. The fourth-order valence-corrected chi connectivity index (χ4v) is 2.52. The molecule has 0 aliphatic carbocycles. The van der Waals surface area contributed by atoms with Crippen molar-refractivity contribution < 1.29 is 9.26 Å². The van der Waals surface area contributed by atoms with Crippen LogP contribution in [-0.2, 0) is 6.61 Å². The van der Waals surface area contributed by atoms with E-state index in [4.69, 9.17) is 20.9 Å². The molecule has 0 atom stereocenters. The molecule has 22 heavy (non-hydrogen) atoms. The first-order chi connectivity index (χ1) is 10.6. The van der Waals surface area contributed by atoms with Crippen LogP contribution in [0.25, 0.3) is 11.1 Å². The molecule has 3 nitrogen and oxygen atoms in total. The van der Waals surface area contributed by atoms with E-state index >= 15 is 0 Å². The van der Waals surface area contributed by atoms with Crippen LogP contribution in [0.15, 0.2) is 53.1 Å². The van der Waals surface area contributed by atoms with Gasteiger partial charge in [-0.15, -0.1) is 0 Å². The second-order valence-electron chi connectivity index (χ2n) is 5.10. The predicted octanol–water partition coefficient (Wildman–Crippen LogP) is 5.19. The van der Waals surface area contributed by atoms with Crippen LogP contribution in [0, 0.1) is 13.8 Å². The summed E-state index contributed by atoms with van der Waals surface area (Å²) in [6.07, 6.45) is 0. The van der Waals surface area contributed by atoms with Crippen LogP contribution in [0.1, 0.15) is 17.0 Å². The van der Waals surface area contributed by atoms with Gasteiger partial charge in [0, 0.05) is 0 Å². The summed E-state index contributed by atoms with van der Waals surface area (Å²) in [4.78, 5) is 0. The lowest BCUT2D eigenvalue weighted by Gasteiger charge is -2.09. The number of benzene rings is 2. The zero-order valence-electron chi connectivity index (χ0n) is 12.5. The molecule has 0 radical (unpaired) electrons. The highest BCUT2D eigenvalue weighted by molar-refractivity contribution is 6.32. The minimum absolute atomic E-state index is 0.394. The molecule has 0 N–H and O–H groups in total. The summed E-state index contributed by atoms with van der Waals surface area (Å²) >= 11 is 6.33.